The average Bonchev–Trinajstić information content (AvgIpc) is 2.64. The number of rotatable bonds is 2. The van der Waals surface area contributed by atoms with Crippen molar-refractivity contribution < 1.29 is 13.7 Å². The molecule has 16 heavy (non-hydrogen) atoms. The van der Waals surface area contributed by atoms with E-state index in [1.807, 2.05) is 0 Å². The standard InChI is InChI=1S/C11H9FN2O2/c1-7-6-16-14-10(7)13-11(15)8-3-2-4-9(12)5-8/h2-6H,1H3,(H,13,14,15). The number of benzene rings is 1. The van der Waals surface area contributed by atoms with Gasteiger partial charge in [-0.2, -0.15) is 0 Å². The molecule has 0 unspecified atom stereocenters. The van der Waals surface area contributed by atoms with Crippen molar-refractivity contribution in [1.82, 2.24) is 5.16 Å². The highest BCUT2D eigenvalue weighted by Gasteiger charge is 2.10. The van der Waals surface area contributed by atoms with Crippen LogP contribution in [-0.4, -0.2) is 11.1 Å². The Bertz CT molecular complexity index is 522. The second-order valence-corrected chi connectivity index (χ2v) is 3.31. The van der Waals surface area contributed by atoms with Gasteiger partial charge in [0.25, 0.3) is 5.91 Å². The highest BCUT2D eigenvalue weighted by atomic mass is 19.1. The zero-order valence-electron chi connectivity index (χ0n) is 8.53. The molecule has 0 bridgehead atoms. The van der Waals surface area contributed by atoms with E-state index in [-0.39, 0.29) is 5.56 Å². The lowest BCUT2D eigenvalue weighted by Gasteiger charge is -2.01. The van der Waals surface area contributed by atoms with Gasteiger partial charge in [0, 0.05) is 11.1 Å². The fourth-order valence-corrected chi connectivity index (χ4v) is 1.22. The van der Waals surface area contributed by atoms with Gasteiger partial charge in [0.1, 0.15) is 12.1 Å². The summed E-state index contributed by atoms with van der Waals surface area (Å²) in [5.74, 6) is -0.532. The monoisotopic (exact) mass is 220 g/mol. The zero-order valence-corrected chi connectivity index (χ0v) is 8.53. The molecule has 0 atom stereocenters. The Labute approximate surface area is 91.1 Å². The number of hydrogen-bond donors (Lipinski definition) is 1. The molecule has 1 heterocycles. The molecule has 1 N–H and O–H groups in total. The van der Waals surface area contributed by atoms with E-state index in [2.05, 4.69) is 15.0 Å². The van der Waals surface area contributed by atoms with Crippen LogP contribution in [0.2, 0.25) is 0 Å². The van der Waals surface area contributed by atoms with Gasteiger partial charge in [-0.1, -0.05) is 11.2 Å². The van der Waals surface area contributed by atoms with Gasteiger partial charge in [0.2, 0.25) is 0 Å². The lowest BCUT2D eigenvalue weighted by Crippen LogP contribution is -2.12. The molecule has 1 aromatic carbocycles. The van der Waals surface area contributed by atoms with E-state index >= 15 is 0 Å². The van der Waals surface area contributed by atoms with Gasteiger partial charge in [-0.3, -0.25) is 4.79 Å². The van der Waals surface area contributed by atoms with Crippen LogP contribution in [0.4, 0.5) is 10.2 Å². The molecule has 82 valence electrons. The molecule has 4 nitrogen and oxygen atoms in total. The summed E-state index contributed by atoms with van der Waals surface area (Å²) in [6.45, 7) is 1.75. The Morgan fingerprint density at radius 1 is 1.50 bits per heavy atom. The summed E-state index contributed by atoms with van der Waals surface area (Å²) in [6, 6.07) is 5.43. The van der Waals surface area contributed by atoms with Crippen molar-refractivity contribution in [1.29, 1.82) is 0 Å². The molecule has 2 rings (SSSR count). The molecule has 0 aliphatic heterocycles. The summed E-state index contributed by atoms with van der Waals surface area (Å²) in [6.07, 6.45) is 1.42. The molecule has 1 aromatic heterocycles. The predicted octanol–water partition coefficient (Wildman–Crippen LogP) is 2.37. The maximum absolute atomic E-state index is 12.9. The van der Waals surface area contributed by atoms with Crippen molar-refractivity contribution >= 4 is 11.7 Å². The molecule has 2 aromatic rings. The second-order valence-electron chi connectivity index (χ2n) is 3.31. The first-order valence-electron chi connectivity index (χ1n) is 4.65. The van der Waals surface area contributed by atoms with E-state index in [9.17, 15) is 9.18 Å². The first kappa shape index (κ1) is 10.4. The highest BCUT2D eigenvalue weighted by molar-refractivity contribution is 6.03. The van der Waals surface area contributed by atoms with Crippen LogP contribution >= 0.6 is 0 Å². The number of aromatic nitrogens is 1. The fourth-order valence-electron chi connectivity index (χ4n) is 1.22. The van der Waals surface area contributed by atoms with Crippen molar-refractivity contribution in [2.75, 3.05) is 5.32 Å². The summed E-state index contributed by atoms with van der Waals surface area (Å²) in [5.41, 5.74) is 0.951. The van der Waals surface area contributed by atoms with Crippen molar-refractivity contribution in [3.63, 3.8) is 0 Å². The SMILES string of the molecule is Cc1conc1NC(=O)c1cccc(F)c1. The Kier molecular flexibility index (Phi) is 2.68. The minimum absolute atomic E-state index is 0.238. The maximum Gasteiger partial charge on any atom is 0.257 e. The van der Waals surface area contributed by atoms with Gasteiger partial charge >= 0.3 is 0 Å². The Morgan fingerprint density at radius 2 is 2.31 bits per heavy atom. The van der Waals surface area contributed by atoms with E-state index in [4.69, 9.17) is 0 Å². The third-order valence-electron chi connectivity index (χ3n) is 2.07. The number of aryl methyl sites for hydroxylation is 1. The highest BCUT2D eigenvalue weighted by Crippen LogP contribution is 2.12. The van der Waals surface area contributed by atoms with Crippen molar-refractivity contribution in [2.45, 2.75) is 6.92 Å². The van der Waals surface area contributed by atoms with Crippen LogP contribution in [0.15, 0.2) is 35.1 Å². The second kappa shape index (κ2) is 4.14. The van der Waals surface area contributed by atoms with Crippen molar-refractivity contribution in [2.24, 2.45) is 0 Å². The number of amides is 1. The number of nitrogens with zero attached hydrogens (tertiary/aromatic N) is 1. The van der Waals surface area contributed by atoms with Crippen LogP contribution in [-0.2, 0) is 0 Å². The molecule has 0 saturated heterocycles. The van der Waals surface area contributed by atoms with Crippen molar-refractivity contribution in [3.8, 4) is 0 Å². The average molecular weight is 220 g/mol. The van der Waals surface area contributed by atoms with Crippen LogP contribution in [0.25, 0.3) is 0 Å². The molecule has 0 fully saturated rings. The molecule has 0 aliphatic rings. The smallest absolute Gasteiger partial charge is 0.257 e. The zero-order chi connectivity index (χ0) is 11.5. The fraction of sp³-hybridized carbons (Fsp3) is 0.0909. The Hall–Kier alpha value is -2.17. The lowest BCUT2D eigenvalue weighted by molar-refractivity contribution is 0.102. The first-order valence-corrected chi connectivity index (χ1v) is 4.65. The van der Waals surface area contributed by atoms with E-state index in [1.54, 1.807) is 6.92 Å². The van der Waals surface area contributed by atoms with E-state index in [1.165, 1.54) is 24.5 Å². The van der Waals surface area contributed by atoms with Gasteiger partial charge in [0.05, 0.1) is 0 Å². The molecule has 0 spiro atoms. The summed E-state index contributed by atoms with van der Waals surface area (Å²) in [5, 5.41) is 6.13. The summed E-state index contributed by atoms with van der Waals surface area (Å²) in [4.78, 5) is 11.7. The molecule has 1 amide bonds. The topological polar surface area (TPSA) is 55.1 Å². The quantitative estimate of drug-likeness (QED) is 0.845. The van der Waals surface area contributed by atoms with E-state index in [0.29, 0.717) is 11.4 Å². The summed E-state index contributed by atoms with van der Waals surface area (Å²) < 4.78 is 17.5. The first-order chi connectivity index (χ1) is 7.66. The minimum atomic E-state index is -0.454. The van der Waals surface area contributed by atoms with Crippen LogP contribution in [0.3, 0.4) is 0 Å². The molecular formula is C11H9FN2O2. The van der Waals surface area contributed by atoms with Crippen molar-refractivity contribution in [3.05, 3.63) is 47.5 Å². The molecule has 0 radical (unpaired) electrons. The van der Waals surface area contributed by atoms with E-state index < -0.39 is 11.7 Å². The summed E-state index contributed by atoms with van der Waals surface area (Å²) in [7, 11) is 0. The van der Waals surface area contributed by atoms with Crippen LogP contribution in [0, 0.1) is 12.7 Å². The Balaban J connectivity index is 2.18. The number of nitrogens with one attached hydrogen (secondary N) is 1. The van der Waals surface area contributed by atoms with Crippen LogP contribution in [0.5, 0.6) is 0 Å². The van der Waals surface area contributed by atoms with Gasteiger partial charge in [-0.05, 0) is 25.1 Å². The predicted molar refractivity (Wildman–Crippen MR) is 55.6 cm³/mol. The number of carbonyl (C=O) groups is 1. The van der Waals surface area contributed by atoms with E-state index in [0.717, 1.165) is 6.07 Å². The van der Waals surface area contributed by atoms with Gasteiger partial charge in [-0.25, -0.2) is 4.39 Å². The largest absolute Gasteiger partial charge is 0.362 e. The third-order valence-corrected chi connectivity index (χ3v) is 2.07. The van der Waals surface area contributed by atoms with Gasteiger partial charge in [0.15, 0.2) is 5.82 Å². The third kappa shape index (κ3) is 2.08. The Morgan fingerprint density at radius 3 is 2.94 bits per heavy atom. The van der Waals surface area contributed by atoms with Gasteiger partial charge < -0.3 is 9.84 Å². The number of hydrogen-bond acceptors (Lipinski definition) is 3. The number of halogens is 1. The maximum atomic E-state index is 12.9. The van der Waals surface area contributed by atoms with Gasteiger partial charge in [-0.15, -0.1) is 0 Å². The van der Waals surface area contributed by atoms with Crippen LogP contribution in [0.1, 0.15) is 15.9 Å². The molecular weight excluding hydrogens is 211 g/mol. The number of carbonyl (C=O) groups excluding carboxylic acids is 1. The molecule has 5 heteroatoms. The molecule has 0 aliphatic carbocycles. The molecule has 0 saturated carbocycles. The summed E-state index contributed by atoms with van der Waals surface area (Å²) >= 11 is 0. The minimum Gasteiger partial charge on any atom is -0.362 e. The number of anilines is 1. The van der Waals surface area contributed by atoms with Crippen LogP contribution < -0.4 is 5.32 Å². The lowest BCUT2D eigenvalue weighted by atomic mass is 10.2. The normalized spacial score (nSPS) is 10.1.